The van der Waals surface area contributed by atoms with Crippen molar-refractivity contribution in [3.8, 4) is 5.75 Å². The van der Waals surface area contributed by atoms with Crippen LogP contribution in [-0.4, -0.2) is 79.1 Å². The average molecular weight is 564 g/mol. The van der Waals surface area contributed by atoms with Gasteiger partial charge in [-0.3, -0.25) is 9.59 Å². The zero-order valence-corrected chi connectivity index (χ0v) is 25.2. The van der Waals surface area contributed by atoms with Crippen LogP contribution < -0.4 is 25.2 Å². The van der Waals surface area contributed by atoms with E-state index in [0.717, 1.165) is 56.7 Å². The summed E-state index contributed by atoms with van der Waals surface area (Å²) in [4.78, 5) is 42.1. The standard InChI is InChI=1S/C31H45N7O3/c1-20(2)25-12-13-28(39)37(4)26-19-32-31(35-29(26)38(25)23-8-6-7-9-23)34-24-11-10-21(18-27(24)41-5)30(40)33-22-14-16-36(3)17-15-22/h10-11,18-20,22-23,25H,6-9,12-17H2,1-5H3,(H,33,40)(H,32,34,35). The van der Waals surface area contributed by atoms with Gasteiger partial charge in [-0.05, 0) is 76.4 Å². The topological polar surface area (TPSA) is 103 Å². The molecule has 3 heterocycles. The fraction of sp³-hybridized carbons (Fsp3) is 0.613. The van der Waals surface area contributed by atoms with Crippen molar-refractivity contribution in [3.63, 3.8) is 0 Å². The Balaban J connectivity index is 1.42. The predicted octanol–water partition coefficient (Wildman–Crippen LogP) is 4.58. The first-order valence-electron chi connectivity index (χ1n) is 15.1. The minimum Gasteiger partial charge on any atom is -0.495 e. The Kier molecular flexibility index (Phi) is 8.97. The molecule has 222 valence electrons. The Morgan fingerprint density at radius 2 is 1.80 bits per heavy atom. The number of carbonyl (C=O) groups excluding carboxylic acids is 2. The number of piperidine rings is 1. The molecule has 0 radical (unpaired) electrons. The van der Waals surface area contributed by atoms with Crippen LogP contribution in [0.2, 0.25) is 0 Å². The molecule has 1 saturated heterocycles. The number of nitrogens with zero attached hydrogens (tertiary/aromatic N) is 5. The second-order valence-corrected chi connectivity index (χ2v) is 12.1. The summed E-state index contributed by atoms with van der Waals surface area (Å²) in [7, 11) is 5.52. The molecule has 1 aromatic carbocycles. The molecule has 1 atom stereocenters. The number of nitrogens with one attached hydrogen (secondary N) is 2. The molecule has 2 N–H and O–H groups in total. The Labute approximate surface area is 243 Å². The number of likely N-dealkylation sites (tertiary alicyclic amines) is 1. The highest BCUT2D eigenvalue weighted by Crippen LogP contribution is 2.40. The third-order valence-corrected chi connectivity index (χ3v) is 8.99. The van der Waals surface area contributed by atoms with Gasteiger partial charge < -0.3 is 30.1 Å². The van der Waals surface area contributed by atoms with Crippen molar-refractivity contribution < 1.29 is 14.3 Å². The predicted molar refractivity (Wildman–Crippen MR) is 162 cm³/mol. The Bertz CT molecular complexity index is 1240. The van der Waals surface area contributed by atoms with Crippen LogP contribution in [0.4, 0.5) is 23.1 Å². The summed E-state index contributed by atoms with van der Waals surface area (Å²) in [5, 5.41) is 6.50. The lowest BCUT2D eigenvalue weighted by Crippen LogP contribution is -2.48. The summed E-state index contributed by atoms with van der Waals surface area (Å²) >= 11 is 0. The van der Waals surface area contributed by atoms with E-state index < -0.39 is 0 Å². The molecule has 1 aromatic heterocycles. The van der Waals surface area contributed by atoms with Gasteiger partial charge in [0.25, 0.3) is 5.91 Å². The van der Waals surface area contributed by atoms with Gasteiger partial charge in [-0.15, -0.1) is 0 Å². The fourth-order valence-corrected chi connectivity index (χ4v) is 6.48. The molecule has 1 saturated carbocycles. The van der Waals surface area contributed by atoms with Crippen molar-refractivity contribution in [2.75, 3.05) is 49.4 Å². The minimum absolute atomic E-state index is 0.0862. The quantitative estimate of drug-likeness (QED) is 0.505. The van der Waals surface area contributed by atoms with Crippen LogP contribution in [0.25, 0.3) is 0 Å². The van der Waals surface area contributed by atoms with Crippen LogP contribution in [0.3, 0.4) is 0 Å². The smallest absolute Gasteiger partial charge is 0.251 e. The highest BCUT2D eigenvalue weighted by atomic mass is 16.5. The Hall–Kier alpha value is -3.40. The fourth-order valence-electron chi connectivity index (χ4n) is 6.48. The number of methoxy groups -OCH3 is 1. The monoisotopic (exact) mass is 563 g/mol. The van der Waals surface area contributed by atoms with Crippen LogP contribution in [0.5, 0.6) is 5.75 Å². The van der Waals surface area contributed by atoms with E-state index in [4.69, 9.17) is 9.72 Å². The van der Waals surface area contributed by atoms with E-state index in [1.807, 2.05) is 13.1 Å². The Morgan fingerprint density at radius 1 is 1.07 bits per heavy atom. The van der Waals surface area contributed by atoms with Gasteiger partial charge in [-0.2, -0.15) is 4.98 Å². The van der Waals surface area contributed by atoms with E-state index in [1.54, 1.807) is 30.3 Å². The number of aromatic nitrogens is 2. The number of rotatable bonds is 7. The first-order chi connectivity index (χ1) is 19.7. The minimum atomic E-state index is -0.0959. The van der Waals surface area contributed by atoms with Crippen molar-refractivity contribution in [2.24, 2.45) is 5.92 Å². The molecule has 10 heteroatoms. The van der Waals surface area contributed by atoms with Crippen molar-refractivity contribution in [2.45, 2.75) is 83.3 Å². The van der Waals surface area contributed by atoms with Crippen LogP contribution in [0.1, 0.15) is 75.6 Å². The summed E-state index contributed by atoms with van der Waals surface area (Å²) in [5.41, 5.74) is 1.97. The molecule has 2 aliphatic heterocycles. The molecule has 1 unspecified atom stereocenters. The van der Waals surface area contributed by atoms with Crippen molar-refractivity contribution in [1.82, 2.24) is 20.2 Å². The lowest BCUT2D eigenvalue weighted by Gasteiger charge is -2.43. The largest absolute Gasteiger partial charge is 0.495 e. The van der Waals surface area contributed by atoms with Gasteiger partial charge in [0.1, 0.15) is 11.4 Å². The Morgan fingerprint density at radius 3 is 2.49 bits per heavy atom. The molecule has 5 rings (SSSR count). The van der Waals surface area contributed by atoms with Crippen LogP contribution in [-0.2, 0) is 4.79 Å². The molecule has 2 amide bonds. The first-order valence-corrected chi connectivity index (χ1v) is 15.1. The molecular formula is C31H45N7O3. The third-order valence-electron chi connectivity index (χ3n) is 8.99. The normalized spacial score (nSPS) is 21.0. The number of amides is 2. The molecule has 2 aromatic rings. The van der Waals surface area contributed by atoms with Crippen molar-refractivity contribution in [3.05, 3.63) is 30.0 Å². The average Bonchev–Trinajstić information content (AvgIpc) is 3.49. The SMILES string of the molecule is COc1cc(C(=O)NC2CCN(C)CC2)ccc1Nc1ncc2c(n1)N(C1CCCC1)C(C(C)C)CCC(=O)N2C. The molecule has 41 heavy (non-hydrogen) atoms. The number of fused-ring (bicyclic) bond motifs is 1. The molecule has 10 nitrogen and oxygen atoms in total. The second kappa shape index (κ2) is 12.6. The van der Waals surface area contributed by atoms with Gasteiger partial charge in [0.05, 0.1) is 19.0 Å². The van der Waals surface area contributed by atoms with Gasteiger partial charge >= 0.3 is 0 Å². The number of ether oxygens (including phenoxy) is 1. The lowest BCUT2D eigenvalue weighted by atomic mass is 9.93. The highest BCUT2D eigenvalue weighted by molar-refractivity contribution is 5.97. The van der Waals surface area contributed by atoms with E-state index in [0.29, 0.717) is 41.3 Å². The summed E-state index contributed by atoms with van der Waals surface area (Å²) in [6.45, 7) is 6.44. The zero-order chi connectivity index (χ0) is 29.1. The summed E-state index contributed by atoms with van der Waals surface area (Å²) in [5.74, 6) is 2.13. The molecule has 1 aliphatic carbocycles. The van der Waals surface area contributed by atoms with E-state index in [-0.39, 0.29) is 23.9 Å². The number of carbonyl (C=O) groups is 2. The molecule has 2 fully saturated rings. The van der Waals surface area contributed by atoms with E-state index in [2.05, 4.69) is 46.3 Å². The molecule has 0 spiro atoms. The second-order valence-electron chi connectivity index (χ2n) is 12.1. The summed E-state index contributed by atoms with van der Waals surface area (Å²) < 4.78 is 5.68. The third kappa shape index (κ3) is 6.42. The van der Waals surface area contributed by atoms with E-state index in [9.17, 15) is 9.59 Å². The van der Waals surface area contributed by atoms with E-state index >= 15 is 0 Å². The molecule has 0 bridgehead atoms. The maximum atomic E-state index is 13.0. The number of benzene rings is 1. The summed E-state index contributed by atoms with van der Waals surface area (Å²) in [6.07, 6.45) is 9.64. The van der Waals surface area contributed by atoms with Crippen molar-refractivity contribution in [1.29, 1.82) is 0 Å². The van der Waals surface area contributed by atoms with Gasteiger partial charge in [0.15, 0.2) is 5.82 Å². The van der Waals surface area contributed by atoms with Crippen LogP contribution in [0, 0.1) is 5.92 Å². The molecular weight excluding hydrogens is 518 g/mol. The van der Waals surface area contributed by atoms with Gasteiger partial charge in [0.2, 0.25) is 11.9 Å². The maximum Gasteiger partial charge on any atom is 0.251 e. The van der Waals surface area contributed by atoms with Gasteiger partial charge in [-0.25, -0.2) is 4.98 Å². The van der Waals surface area contributed by atoms with Crippen molar-refractivity contribution >= 4 is 35.0 Å². The zero-order valence-electron chi connectivity index (χ0n) is 25.2. The highest BCUT2D eigenvalue weighted by Gasteiger charge is 2.36. The van der Waals surface area contributed by atoms with Gasteiger partial charge in [0, 0.05) is 37.2 Å². The number of anilines is 4. The summed E-state index contributed by atoms with van der Waals surface area (Å²) in [6, 6.07) is 6.18. The lowest BCUT2D eigenvalue weighted by molar-refractivity contribution is -0.118. The van der Waals surface area contributed by atoms with Gasteiger partial charge in [-0.1, -0.05) is 26.7 Å². The van der Waals surface area contributed by atoms with Crippen LogP contribution >= 0.6 is 0 Å². The number of hydrogen-bond donors (Lipinski definition) is 2. The van der Waals surface area contributed by atoms with E-state index in [1.165, 1.54) is 12.8 Å². The molecule has 3 aliphatic rings. The first kappa shape index (κ1) is 29.1. The van der Waals surface area contributed by atoms with Crippen LogP contribution in [0.15, 0.2) is 24.4 Å². The maximum absolute atomic E-state index is 13.0. The number of hydrogen-bond acceptors (Lipinski definition) is 8.